The Morgan fingerprint density at radius 2 is 2.23 bits per heavy atom. The van der Waals surface area contributed by atoms with Crippen LogP contribution in [0.3, 0.4) is 0 Å². The van der Waals surface area contributed by atoms with Gasteiger partial charge in [0, 0.05) is 36.3 Å². The van der Waals surface area contributed by atoms with Crippen molar-refractivity contribution < 1.29 is 14.6 Å². The predicted octanol–water partition coefficient (Wildman–Crippen LogP) is 3.29. The Hall–Kier alpha value is -1.44. The van der Waals surface area contributed by atoms with Crippen molar-refractivity contribution in [3.05, 3.63) is 23.2 Å². The molecule has 2 N–H and O–H groups in total. The largest absolute Gasteiger partial charge is 0.392 e. The van der Waals surface area contributed by atoms with Crippen LogP contribution < -0.4 is 5.32 Å². The van der Waals surface area contributed by atoms with Crippen molar-refractivity contribution in [2.75, 3.05) is 38.2 Å². The van der Waals surface area contributed by atoms with Crippen LogP contribution in [-0.2, 0) is 16.0 Å². The maximum absolute atomic E-state index is 13.1. The highest BCUT2D eigenvalue weighted by atomic mass is 32.1. The van der Waals surface area contributed by atoms with Gasteiger partial charge in [-0.15, -0.1) is 17.9 Å². The number of nitrogens with one attached hydrogen (secondary N) is 1. The Morgan fingerprint density at radius 1 is 1.50 bits per heavy atom. The number of hydrogen-bond donors (Lipinski definition) is 2. The van der Waals surface area contributed by atoms with Crippen LogP contribution in [0.15, 0.2) is 12.7 Å². The highest BCUT2D eigenvalue weighted by Crippen LogP contribution is 2.57. The van der Waals surface area contributed by atoms with Crippen LogP contribution in [0, 0.1) is 23.2 Å². The van der Waals surface area contributed by atoms with Crippen molar-refractivity contribution in [1.29, 1.82) is 0 Å². The Kier molecular flexibility index (Phi) is 6.24. The van der Waals surface area contributed by atoms with Gasteiger partial charge in [0.05, 0.1) is 25.0 Å². The first kappa shape index (κ1) is 21.8. The molecule has 4 rings (SSSR count). The van der Waals surface area contributed by atoms with Crippen LogP contribution in [0.1, 0.15) is 50.1 Å². The quantitative estimate of drug-likeness (QED) is 0.697. The Morgan fingerprint density at radius 3 is 2.93 bits per heavy atom. The molecule has 1 aliphatic heterocycles. The molecule has 1 saturated heterocycles. The minimum Gasteiger partial charge on any atom is -0.392 e. The average Bonchev–Trinajstić information content (AvgIpc) is 3.14. The Balaban J connectivity index is 1.54. The fraction of sp³-hybridized carbons (Fsp3) is 0.739. The van der Waals surface area contributed by atoms with Gasteiger partial charge >= 0.3 is 0 Å². The van der Waals surface area contributed by atoms with E-state index in [1.807, 2.05) is 17.9 Å². The van der Waals surface area contributed by atoms with Crippen molar-refractivity contribution in [3.63, 3.8) is 0 Å². The number of aromatic nitrogens is 1. The van der Waals surface area contributed by atoms with Crippen LogP contribution in [0.25, 0.3) is 0 Å². The fourth-order valence-electron chi connectivity index (χ4n) is 6.04. The van der Waals surface area contributed by atoms with E-state index in [0.717, 1.165) is 30.1 Å². The standard InChI is InChI=1S/C23H35N3O3S/c1-5-8-24-22-25-19-15(3)18-20(27)16(6-7-23(18,4)13-17(19)30-22)14(2)21(28)26-9-11-29-12-10-26/h5,14-16,18,20,27H,1,6-13H2,2-4H3,(H,24,25)/t14-,15-,16?,18+,20-,23-/m0/s1. The predicted molar refractivity (Wildman–Crippen MR) is 120 cm³/mol. The molecule has 2 aliphatic carbocycles. The molecule has 0 bridgehead atoms. The summed E-state index contributed by atoms with van der Waals surface area (Å²) in [6.45, 7) is 13.5. The molecule has 6 nitrogen and oxygen atoms in total. The molecular weight excluding hydrogens is 398 g/mol. The zero-order chi connectivity index (χ0) is 21.5. The van der Waals surface area contributed by atoms with Crippen LogP contribution in [-0.4, -0.2) is 59.8 Å². The molecule has 1 aromatic heterocycles. The highest BCUT2D eigenvalue weighted by molar-refractivity contribution is 7.15. The summed E-state index contributed by atoms with van der Waals surface area (Å²) in [5, 5.41) is 15.8. The molecule has 0 radical (unpaired) electrons. The second kappa shape index (κ2) is 8.60. The van der Waals surface area contributed by atoms with Gasteiger partial charge in [-0.3, -0.25) is 4.79 Å². The number of rotatable bonds is 5. The summed E-state index contributed by atoms with van der Waals surface area (Å²) in [4.78, 5) is 21.2. The summed E-state index contributed by atoms with van der Waals surface area (Å²) in [5.74, 6) is 0.298. The van der Waals surface area contributed by atoms with Gasteiger partial charge < -0.3 is 20.1 Å². The summed E-state index contributed by atoms with van der Waals surface area (Å²) in [5.41, 5.74) is 1.17. The van der Waals surface area contributed by atoms with E-state index in [2.05, 4.69) is 25.7 Å². The van der Waals surface area contributed by atoms with Gasteiger partial charge in [0.25, 0.3) is 0 Å². The zero-order valence-electron chi connectivity index (χ0n) is 18.4. The van der Waals surface area contributed by atoms with Gasteiger partial charge in [0.1, 0.15) is 0 Å². The highest BCUT2D eigenvalue weighted by Gasteiger charge is 2.54. The number of fused-ring (bicyclic) bond motifs is 2. The average molecular weight is 434 g/mol. The lowest BCUT2D eigenvalue weighted by Crippen LogP contribution is -2.54. The summed E-state index contributed by atoms with van der Waals surface area (Å²) in [6.07, 6.45) is 4.25. The Labute approximate surface area is 183 Å². The van der Waals surface area contributed by atoms with Crippen molar-refractivity contribution in [1.82, 2.24) is 9.88 Å². The minimum atomic E-state index is -0.488. The number of ether oxygens (including phenoxy) is 1. The second-order valence-electron chi connectivity index (χ2n) is 9.56. The maximum Gasteiger partial charge on any atom is 0.225 e. The summed E-state index contributed by atoms with van der Waals surface area (Å²) >= 11 is 1.74. The first-order chi connectivity index (χ1) is 14.4. The molecule has 30 heavy (non-hydrogen) atoms. The lowest BCUT2D eigenvalue weighted by Gasteiger charge is -2.53. The molecule has 1 saturated carbocycles. The summed E-state index contributed by atoms with van der Waals surface area (Å²) in [7, 11) is 0. The van der Waals surface area contributed by atoms with E-state index in [1.54, 1.807) is 11.3 Å². The number of anilines is 1. The molecule has 0 spiro atoms. The van der Waals surface area contributed by atoms with E-state index in [1.165, 1.54) is 4.88 Å². The maximum atomic E-state index is 13.1. The molecule has 6 atom stereocenters. The molecule has 1 unspecified atom stereocenters. The minimum absolute atomic E-state index is 0.000540. The van der Waals surface area contributed by atoms with Gasteiger partial charge in [-0.1, -0.05) is 26.8 Å². The molecule has 3 aliphatic rings. The van der Waals surface area contributed by atoms with Crippen molar-refractivity contribution >= 4 is 22.4 Å². The molecule has 7 heteroatoms. The molecular formula is C23H35N3O3S. The van der Waals surface area contributed by atoms with E-state index in [9.17, 15) is 9.90 Å². The number of nitrogens with zero attached hydrogens (tertiary/aromatic N) is 2. The number of carbonyl (C=O) groups excluding carboxylic acids is 1. The Bertz CT molecular complexity index is 791. The van der Waals surface area contributed by atoms with Crippen molar-refractivity contribution in [2.24, 2.45) is 23.2 Å². The number of carbonyl (C=O) groups is 1. The topological polar surface area (TPSA) is 74.7 Å². The van der Waals surface area contributed by atoms with Gasteiger partial charge in [-0.05, 0) is 36.5 Å². The lowest BCUT2D eigenvalue weighted by molar-refractivity contribution is -0.148. The van der Waals surface area contributed by atoms with Gasteiger partial charge in [0.15, 0.2) is 5.13 Å². The second-order valence-corrected chi connectivity index (χ2v) is 10.6. The summed E-state index contributed by atoms with van der Waals surface area (Å²) < 4.78 is 5.39. The first-order valence-electron chi connectivity index (χ1n) is 11.2. The van der Waals surface area contributed by atoms with E-state index < -0.39 is 6.10 Å². The smallest absolute Gasteiger partial charge is 0.225 e. The zero-order valence-corrected chi connectivity index (χ0v) is 19.2. The number of aliphatic hydroxyl groups excluding tert-OH is 1. The number of thiazole rings is 1. The van der Waals surface area contributed by atoms with E-state index in [0.29, 0.717) is 32.8 Å². The summed E-state index contributed by atoms with van der Waals surface area (Å²) in [6, 6.07) is 0. The number of hydrogen-bond acceptors (Lipinski definition) is 6. The molecule has 0 aromatic carbocycles. The molecule has 1 amide bonds. The third-order valence-electron chi connectivity index (χ3n) is 7.67. The normalized spacial score (nSPS) is 34.6. The van der Waals surface area contributed by atoms with Crippen LogP contribution in [0.4, 0.5) is 5.13 Å². The van der Waals surface area contributed by atoms with E-state index >= 15 is 0 Å². The van der Waals surface area contributed by atoms with E-state index in [-0.39, 0.29) is 35.0 Å². The molecule has 1 aromatic rings. The first-order valence-corrected chi connectivity index (χ1v) is 12.1. The van der Waals surface area contributed by atoms with Crippen LogP contribution in [0.2, 0.25) is 0 Å². The SMILES string of the molecule is C=CCNc1nc2c(s1)C[C@]1(C)CCC([C@H](C)C(=O)N3CCOCC3)[C@H](O)[C@H]1[C@@H]2C. The van der Waals surface area contributed by atoms with Crippen LogP contribution in [0.5, 0.6) is 0 Å². The van der Waals surface area contributed by atoms with Crippen molar-refractivity contribution in [3.8, 4) is 0 Å². The fourth-order valence-corrected chi connectivity index (χ4v) is 7.31. The lowest BCUT2D eigenvalue weighted by atomic mass is 9.53. The molecule has 2 heterocycles. The number of amides is 1. The van der Waals surface area contributed by atoms with Crippen molar-refractivity contribution in [2.45, 2.75) is 52.1 Å². The number of aliphatic hydroxyl groups is 1. The van der Waals surface area contributed by atoms with Gasteiger partial charge in [-0.25, -0.2) is 4.98 Å². The van der Waals surface area contributed by atoms with Crippen LogP contribution >= 0.6 is 11.3 Å². The third-order valence-corrected chi connectivity index (χ3v) is 8.70. The monoisotopic (exact) mass is 433 g/mol. The van der Waals surface area contributed by atoms with Gasteiger partial charge in [-0.2, -0.15) is 0 Å². The number of morpholine rings is 1. The molecule has 166 valence electrons. The van der Waals surface area contributed by atoms with E-state index in [4.69, 9.17) is 9.72 Å². The molecule has 2 fully saturated rings. The van der Waals surface area contributed by atoms with Gasteiger partial charge in [0.2, 0.25) is 5.91 Å². The third kappa shape index (κ3) is 3.80.